The lowest BCUT2D eigenvalue weighted by atomic mass is 9.92. The van der Waals surface area contributed by atoms with Crippen molar-refractivity contribution in [1.29, 1.82) is 0 Å². The molecule has 7 nitrogen and oxygen atoms in total. The number of carboxylic acid groups (broad SMARTS) is 1. The third-order valence-corrected chi connectivity index (χ3v) is 7.27. The average molecular weight is 474 g/mol. The van der Waals surface area contributed by atoms with Crippen molar-refractivity contribution in [3.05, 3.63) is 88.4 Å². The summed E-state index contributed by atoms with van der Waals surface area (Å²) < 4.78 is 0. The van der Waals surface area contributed by atoms with Gasteiger partial charge in [0, 0.05) is 29.7 Å². The highest BCUT2D eigenvalue weighted by Crippen LogP contribution is 2.67. The van der Waals surface area contributed by atoms with E-state index in [4.69, 9.17) is 11.6 Å². The number of carboxylic acids is 1. The minimum atomic E-state index is -1.12. The van der Waals surface area contributed by atoms with Crippen LogP contribution in [0, 0.1) is 0 Å². The van der Waals surface area contributed by atoms with Gasteiger partial charge in [-0.2, -0.15) is 0 Å². The molecule has 2 aliphatic heterocycles. The number of hydrogen-bond acceptors (Lipinski definition) is 3. The van der Waals surface area contributed by atoms with E-state index in [2.05, 4.69) is 5.32 Å². The first-order chi connectivity index (χ1) is 16.4. The van der Waals surface area contributed by atoms with Crippen LogP contribution in [0.4, 0.5) is 21.9 Å². The molecule has 3 aromatic rings. The standard InChI is InChI=1S/C26H20ClN3O4/c27-17-7-5-15(6-8-17)21-14-26(21)20-3-1-2-4-22(20)30(24(26)33)19-12-16(23(31)32)11-18(13-19)29-10-9-28-25(29)34/h1-8,11-13,21H,9-10,14H2,(H,28,34)(H,31,32)/t21-,26+/m0/s1. The number of carbonyl (C=O) groups excluding carboxylic acids is 2. The van der Waals surface area contributed by atoms with Crippen LogP contribution < -0.4 is 15.1 Å². The van der Waals surface area contributed by atoms with Gasteiger partial charge >= 0.3 is 12.0 Å². The van der Waals surface area contributed by atoms with Crippen LogP contribution in [0.25, 0.3) is 0 Å². The molecule has 3 amide bonds. The summed E-state index contributed by atoms with van der Waals surface area (Å²) in [6.45, 7) is 0.900. The smallest absolute Gasteiger partial charge is 0.335 e. The molecule has 2 heterocycles. The average Bonchev–Trinajstić information content (AvgIpc) is 3.36. The molecule has 6 rings (SSSR count). The molecule has 2 N–H and O–H groups in total. The number of hydrogen-bond donors (Lipinski definition) is 2. The number of rotatable bonds is 4. The Kier molecular flexibility index (Phi) is 4.47. The topological polar surface area (TPSA) is 89.9 Å². The number of benzene rings is 3. The molecule has 170 valence electrons. The molecule has 34 heavy (non-hydrogen) atoms. The molecule has 1 saturated carbocycles. The zero-order chi connectivity index (χ0) is 23.6. The van der Waals surface area contributed by atoms with Crippen molar-refractivity contribution in [3.63, 3.8) is 0 Å². The van der Waals surface area contributed by atoms with Crippen molar-refractivity contribution in [2.45, 2.75) is 17.8 Å². The fraction of sp³-hybridized carbons (Fsp3) is 0.192. The minimum Gasteiger partial charge on any atom is -0.478 e. The van der Waals surface area contributed by atoms with E-state index < -0.39 is 11.4 Å². The predicted molar refractivity (Wildman–Crippen MR) is 128 cm³/mol. The molecule has 3 aromatic carbocycles. The lowest BCUT2D eigenvalue weighted by Gasteiger charge is -2.22. The zero-order valence-corrected chi connectivity index (χ0v) is 18.7. The van der Waals surface area contributed by atoms with Crippen molar-refractivity contribution in [2.24, 2.45) is 0 Å². The molecular weight excluding hydrogens is 454 g/mol. The van der Waals surface area contributed by atoms with Crippen LogP contribution in [0.15, 0.2) is 66.7 Å². The van der Waals surface area contributed by atoms with Crippen LogP contribution in [0.5, 0.6) is 0 Å². The van der Waals surface area contributed by atoms with Gasteiger partial charge in [-0.15, -0.1) is 0 Å². The number of carbonyl (C=O) groups is 3. The van der Waals surface area contributed by atoms with E-state index in [0.717, 1.165) is 16.8 Å². The van der Waals surface area contributed by atoms with Crippen molar-refractivity contribution in [3.8, 4) is 0 Å². The normalized spacial score (nSPS) is 22.8. The fourth-order valence-electron chi connectivity index (χ4n) is 5.34. The Morgan fingerprint density at radius 3 is 2.47 bits per heavy atom. The SMILES string of the molecule is O=C(O)c1cc(N2CCNC2=O)cc(N2C(=O)[C@]3(C[C@H]3c3ccc(Cl)cc3)c3ccccc32)c1. The highest BCUT2D eigenvalue weighted by atomic mass is 35.5. The van der Waals surface area contributed by atoms with Gasteiger partial charge in [0.15, 0.2) is 0 Å². The number of para-hydroxylation sites is 1. The number of nitrogens with one attached hydrogen (secondary N) is 1. The summed E-state index contributed by atoms with van der Waals surface area (Å²) in [5.74, 6) is -1.20. The van der Waals surface area contributed by atoms with Gasteiger partial charge in [0.2, 0.25) is 5.91 Å². The number of anilines is 3. The van der Waals surface area contributed by atoms with E-state index in [1.807, 2.05) is 48.5 Å². The van der Waals surface area contributed by atoms with Gasteiger partial charge in [-0.3, -0.25) is 14.6 Å². The highest BCUT2D eigenvalue weighted by molar-refractivity contribution is 6.30. The third kappa shape index (κ3) is 2.93. The summed E-state index contributed by atoms with van der Waals surface area (Å²) in [5, 5.41) is 13.1. The van der Waals surface area contributed by atoms with Crippen LogP contribution in [-0.4, -0.2) is 36.1 Å². The van der Waals surface area contributed by atoms with Gasteiger partial charge in [0.25, 0.3) is 0 Å². The van der Waals surface area contributed by atoms with Gasteiger partial charge in [0.05, 0.1) is 22.4 Å². The lowest BCUT2D eigenvalue weighted by Crippen LogP contribution is -2.30. The van der Waals surface area contributed by atoms with E-state index >= 15 is 0 Å². The Morgan fingerprint density at radius 1 is 1.03 bits per heavy atom. The van der Waals surface area contributed by atoms with E-state index in [1.165, 1.54) is 17.0 Å². The summed E-state index contributed by atoms with van der Waals surface area (Å²) >= 11 is 6.06. The molecule has 0 aromatic heterocycles. The molecule has 2 fully saturated rings. The molecule has 1 saturated heterocycles. The molecule has 8 heteroatoms. The number of fused-ring (bicyclic) bond motifs is 2. The van der Waals surface area contributed by atoms with E-state index in [-0.39, 0.29) is 23.4 Å². The summed E-state index contributed by atoms with van der Waals surface area (Å²) in [7, 11) is 0. The minimum absolute atomic E-state index is 0.00917. The first-order valence-corrected chi connectivity index (χ1v) is 11.4. The fourth-order valence-corrected chi connectivity index (χ4v) is 5.47. The van der Waals surface area contributed by atoms with Crippen LogP contribution >= 0.6 is 11.6 Å². The molecule has 1 spiro atoms. The van der Waals surface area contributed by atoms with Crippen LogP contribution in [0.3, 0.4) is 0 Å². The lowest BCUT2D eigenvalue weighted by molar-refractivity contribution is -0.119. The second-order valence-electron chi connectivity index (χ2n) is 8.86. The Labute approximate surface area is 200 Å². The number of halogens is 1. The molecule has 3 aliphatic rings. The quantitative estimate of drug-likeness (QED) is 0.576. The third-order valence-electron chi connectivity index (χ3n) is 7.02. The second-order valence-corrected chi connectivity index (χ2v) is 9.30. The Balaban J connectivity index is 1.47. The summed E-state index contributed by atoms with van der Waals surface area (Å²) in [5.41, 5.74) is 2.91. The number of nitrogens with zero attached hydrogens (tertiary/aromatic N) is 2. The van der Waals surface area contributed by atoms with E-state index in [9.17, 15) is 19.5 Å². The zero-order valence-electron chi connectivity index (χ0n) is 18.0. The Hall–Kier alpha value is -3.84. The maximum absolute atomic E-state index is 14.0. The summed E-state index contributed by atoms with van der Waals surface area (Å²) in [4.78, 5) is 41.3. The van der Waals surface area contributed by atoms with E-state index in [1.54, 1.807) is 11.0 Å². The Bertz CT molecular complexity index is 1370. The number of amides is 3. The first-order valence-electron chi connectivity index (χ1n) is 11.0. The van der Waals surface area contributed by atoms with Crippen molar-refractivity contribution < 1.29 is 19.5 Å². The Morgan fingerprint density at radius 2 is 1.76 bits per heavy atom. The molecule has 0 radical (unpaired) electrons. The monoisotopic (exact) mass is 473 g/mol. The van der Waals surface area contributed by atoms with Crippen LogP contribution in [-0.2, 0) is 10.2 Å². The first kappa shape index (κ1) is 20.7. The van der Waals surface area contributed by atoms with E-state index in [0.29, 0.717) is 35.9 Å². The largest absolute Gasteiger partial charge is 0.478 e. The summed E-state index contributed by atoms with van der Waals surface area (Å²) in [6, 6.07) is 19.6. The van der Waals surface area contributed by atoms with Gasteiger partial charge in [-0.1, -0.05) is 41.9 Å². The van der Waals surface area contributed by atoms with Crippen LogP contribution in [0.1, 0.15) is 33.8 Å². The van der Waals surface area contributed by atoms with Gasteiger partial charge in [-0.25, -0.2) is 9.59 Å². The predicted octanol–water partition coefficient (Wildman–Crippen LogP) is 4.67. The molecule has 2 atom stereocenters. The maximum Gasteiger partial charge on any atom is 0.335 e. The van der Waals surface area contributed by atoms with Gasteiger partial charge in [-0.05, 0) is 53.9 Å². The molecule has 1 aliphatic carbocycles. The molecular formula is C26H20ClN3O4. The van der Waals surface area contributed by atoms with Crippen molar-refractivity contribution >= 4 is 46.6 Å². The second kappa shape index (κ2) is 7.33. The van der Waals surface area contributed by atoms with Gasteiger partial charge in [0.1, 0.15) is 0 Å². The molecule has 0 bridgehead atoms. The van der Waals surface area contributed by atoms with Crippen molar-refractivity contribution in [1.82, 2.24) is 5.32 Å². The number of aromatic carboxylic acids is 1. The maximum atomic E-state index is 14.0. The van der Waals surface area contributed by atoms with Crippen molar-refractivity contribution in [2.75, 3.05) is 22.9 Å². The summed E-state index contributed by atoms with van der Waals surface area (Å²) in [6.07, 6.45) is 0.668. The number of urea groups is 1. The molecule has 0 unspecified atom stereocenters. The van der Waals surface area contributed by atoms with Gasteiger partial charge < -0.3 is 10.4 Å². The van der Waals surface area contributed by atoms with Crippen LogP contribution in [0.2, 0.25) is 5.02 Å². The highest BCUT2D eigenvalue weighted by Gasteiger charge is 2.67.